The van der Waals surface area contributed by atoms with E-state index in [1.807, 2.05) is 0 Å². The monoisotopic (exact) mass is 468 g/mol. The first-order valence-electron chi connectivity index (χ1n) is 11.8. The molecule has 1 aliphatic heterocycles. The SMILES string of the molecule is CC(=O)N1CCN(C(=O)c2cn(C)cn2)CCCCOC[C@@H](O)[C@@H](O)[C@H](OCCC(C)C)C1. The van der Waals surface area contributed by atoms with Crippen molar-refractivity contribution in [2.45, 2.75) is 58.3 Å². The number of aliphatic hydroxyl groups excluding tert-OH is 2. The lowest BCUT2D eigenvalue weighted by atomic mass is 10.1. The second kappa shape index (κ2) is 13.6. The molecular weight excluding hydrogens is 428 g/mol. The molecule has 0 bridgehead atoms. The highest BCUT2D eigenvalue weighted by atomic mass is 16.5. The molecule has 3 atom stereocenters. The summed E-state index contributed by atoms with van der Waals surface area (Å²) in [6.07, 6.45) is 2.37. The van der Waals surface area contributed by atoms with Gasteiger partial charge in [0.1, 0.15) is 24.0 Å². The number of hydrogen-bond donors (Lipinski definition) is 2. The van der Waals surface area contributed by atoms with Gasteiger partial charge in [0.15, 0.2) is 0 Å². The van der Waals surface area contributed by atoms with Crippen molar-refractivity contribution in [1.82, 2.24) is 19.4 Å². The summed E-state index contributed by atoms with van der Waals surface area (Å²) >= 11 is 0. The zero-order chi connectivity index (χ0) is 24.4. The highest BCUT2D eigenvalue weighted by Gasteiger charge is 2.31. The molecule has 0 saturated carbocycles. The normalized spacial score (nSPS) is 24.0. The van der Waals surface area contributed by atoms with E-state index in [4.69, 9.17) is 9.47 Å². The fourth-order valence-electron chi connectivity index (χ4n) is 3.61. The van der Waals surface area contributed by atoms with Gasteiger partial charge in [0.2, 0.25) is 5.91 Å². The first-order valence-corrected chi connectivity index (χ1v) is 11.8. The molecule has 0 aliphatic carbocycles. The molecule has 1 aliphatic rings. The summed E-state index contributed by atoms with van der Waals surface area (Å²) in [5.74, 6) is 0.0408. The molecule has 2 heterocycles. The number of carbonyl (C=O) groups excluding carboxylic acids is 2. The lowest BCUT2D eigenvalue weighted by Gasteiger charge is -2.33. The molecule has 2 rings (SSSR count). The van der Waals surface area contributed by atoms with Crippen LogP contribution in [-0.2, 0) is 21.3 Å². The molecule has 2 N–H and O–H groups in total. The molecule has 33 heavy (non-hydrogen) atoms. The van der Waals surface area contributed by atoms with Crippen LogP contribution in [0.25, 0.3) is 0 Å². The Morgan fingerprint density at radius 1 is 1.21 bits per heavy atom. The van der Waals surface area contributed by atoms with Crippen LogP contribution < -0.4 is 0 Å². The maximum atomic E-state index is 13.0. The van der Waals surface area contributed by atoms with Crippen LogP contribution in [0.15, 0.2) is 12.5 Å². The molecule has 2 amide bonds. The predicted molar refractivity (Wildman–Crippen MR) is 123 cm³/mol. The minimum atomic E-state index is -1.20. The van der Waals surface area contributed by atoms with Crippen LogP contribution in [0.3, 0.4) is 0 Å². The smallest absolute Gasteiger partial charge is 0.274 e. The van der Waals surface area contributed by atoms with E-state index in [0.717, 1.165) is 6.42 Å². The van der Waals surface area contributed by atoms with E-state index in [9.17, 15) is 19.8 Å². The Hall–Kier alpha value is -2.01. The second-order valence-corrected chi connectivity index (χ2v) is 9.11. The predicted octanol–water partition coefficient (Wildman–Crippen LogP) is 0.674. The van der Waals surface area contributed by atoms with Gasteiger partial charge in [-0.1, -0.05) is 13.8 Å². The molecule has 1 aromatic rings. The van der Waals surface area contributed by atoms with Gasteiger partial charge in [-0.3, -0.25) is 9.59 Å². The number of aliphatic hydroxyl groups is 2. The largest absolute Gasteiger partial charge is 0.388 e. The molecule has 10 heteroatoms. The van der Waals surface area contributed by atoms with E-state index in [1.165, 1.54) is 6.92 Å². The quantitative estimate of drug-likeness (QED) is 0.652. The summed E-state index contributed by atoms with van der Waals surface area (Å²) in [4.78, 5) is 32.8. The molecular formula is C23H40N4O6. The number of imidazole rings is 1. The van der Waals surface area contributed by atoms with Crippen molar-refractivity contribution in [1.29, 1.82) is 0 Å². The molecule has 188 valence electrons. The third-order valence-electron chi connectivity index (χ3n) is 5.75. The van der Waals surface area contributed by atoms with Crippen LogP contribution in [0.5, 0.6) is 0 Å². The molecule has 1 fully saturated rings. The Morgan fingerprint density at radius 2 is 1.94 bits per heavy atom. The summed E-state index contributed by atoms with van der Waals surface area (Å²) in [6.45, 7) is 7.62. The average Bonchev–Trinajstić information content (AvgIpc) is 3.20. The highest BCUT2D eigenvalue weighted by Crippen LogP contribution is 2.13. The van der Waals surface area contributed by atoms with E-state index < -0.39 is 18.3 Å². The summed E-state index contributed by atoms with van der Waals surface area (Å²) in [5, 5.41) is 21.1. The maximum Gasteiger partial charge on any atom is 0.274 e. The fourth-order valence-corrected chi connectivity index (χ4v) is 3.61. The minimum absolute atomic E-state index is 0.0259. The molecule has 1 aromatic heterocycles. The van der Waals surface area contributed by atoms with Gasteiger partial charge in [0.25, 0.3) is 5.91 Å². The second-order valence-electron chi connectivity index (χ2n) is 9.11. The molecule has 0 radical (unpaired) electrons. The average molecular weight is 469 g/mol. The number of nitrogens with zero attached hydrogens (tertiary/aromatic N) is 4. The summed E-state index contributed by atoms with van der Waals surface area (Å²) < 4.78 is 13.2. The van der Waals surface area contributed by atoms with Gasteiger partial charge in [-0.05, 0) is 25.2 Å². The van der Waals surface area contributed by atoms with E-state index in [1.54, 1.807) is 33.9 Å². The number of aryl methyl sites for hydroxylation is 1. The van der Waals surface area contributed by atoms with Crippen LogP contribution in [0.1, 0.15) is 50.5 Å². The zero-order valence-corrected chi connectivity index (χ0v) is 20.4. The topological polar surface area (TPSA) is 117 Å². The Kier molecular flexibility index (Phi) is 11.3. The fraction of sp³-hybridized carbons (Fsp3) is 0.783. The molecule has 0 unspecified atom stereocenters. The molecule has 1 saturated heterocycles. The molecule has 0 aromatic carbocycles. The lowest BCUT2D eigenvalue weighted by Crippen LogP contribution is -2.50. The Morgan fingerprint density at radius 3 is 2.58 bits per heavy atom. The summed E-state index contributed by atoms with van der Waals surface area (Å²) in [7, 11) is 1.81. The van der Waals surface area contributed by atoms with Crippen molar-refractivity contribution in [2.24, 2.45) is 13.0 Å². The van der Waals surface area contributed by atoms with Gasteiger partial charge in [-0.25, -0.2) is 4.98 Å². The van der Waals surface area contributed by atoms with Gasteiger partial charge in [0, 0.05) is 59.6 Å². The third kappa shape index (κ3) is 9.04. The van der Waals surface area contributed by atoms with Gasteiger partial charge < -0.3 is 34.1 Å². The first kappa shape index (κ1) is 27.2. The Balaban J connectivity index is 2.17. The van der Waals surface area contributed by atoms with E-state index in [-0.39, 0.29) is 31.5 Å². The van der Waals surface area contributed by atoms with E-state index >= 15 is 0 Å². The number of aromatic nitrogens is 2. The van der Waals surface area contributed by atoms with Crippen LogP contribution >= 0.6 is 0 Å². The van der Waals surface area contributed by atoms with Crippen molar-refractivity contribution in [3.63, 3.8) is 0 Å². The standard InChI is InChI=1S/C23H40N4O6/c1-17(2)7-12-33-21-14-27(18(3)28)10-9-26(23(31)19-13-25(4)16-24-19)8-5-6-11-32-15-20(29)22(21)30/h13,16-17,20-22,29-30H,5-12,14-15H2,1-4H3/t20-,21-,22-/m1/s1. The zero-order valence-electron chi connectivity index (χ0n) is 20.4. The summed E-state index contributed by atoms with van der Waals surface area (Å²) in [5.41, 5.74) is 0.359. The Bertz CT molecular complexity index is 740. The van der Waals surface area contributed by atoms with Crippen molar-refractivity contribution in [2.75, 3.05) is 46.0 Å². The Labute approximate surface area is 196 Å². The lowest BCUT2D eigenvalue weighted by molar-refractivity contribution is -0.140. The van der Waals surface area contributed by atoms with Gasteiger partial charge in [-0.2, -0.15) is 0 Å². The van der Waals surface area contributed by atoms with Crippen molar-refractivity contribution in [3.8, 4) is 0 Å². The van der Waals surface area contributed by atoms with Crippen molar-refractivity contribution >= 4 is 11.8 Å². The third-order valence-corrected chi connectivity index (χ3v) is 5.75. The van der Waals surface area contributed by atoms with Crippen molar-refractivity contribution in [3.05, 3.63) is 18.2 Å². The van der Waals surface area contributed by atoms with E-state index in [2.05, 4.69) is 18.8 Å². The number of amides is 2. The van der Waals surface area contributed by atoms with Crippen LogP contribution in [0.2, 0.25) is 0 Å². The van der Waals surface area contributed by atoms with Gasteiger partial charge in [-0.15, -0.1) is 0 Å². The maximum absolute atomic E-state index is 13.0. The minimum Gasteiger partial charge on any atom is -0.388 e. The molecule has 0 spiro atoms. The van der Waals surface area contributed by atoms with Crippen LogP contribution in [0, 0.1) is 5.92 Å². The number of ether oxygens (including phenoxy) is 2. The highest BCUT2D eigenvalue weighted by molar-refractivity contribution is 5.92. The van der Waals surface area contributed by atoms with Crippen LogP contribution in [0.4, 0.5) is 0 Å². The van der Waals surface area contributed by atoms with Gasteiger partial charge in [0.05, 0.1) is 12.9 Å². The molecule has 10 nitrogen and oxygen atoms in total. The van der Waals surface area contributed by atoms with Gasteiger partial charge >= 0.3 is 0 Å². The first-order chi connectivity index (χ1) is 15.7. The number of rotatable bonds is 5. The summed E-state index contributed by atoms with van der Waals surface area (Å²) in [6, 6.07) is 0. The number of hydrogen-bond acceptors (Lipinski definition) is 7. The van der Waals surface area contributed by atoms with E-state index in [0.29, 0.717) is 50.8 Å². The van der Waals surface area contributed by atoms with Crippen molar-refractivity contribution < 1.29 is 29.3 Å². The number of carbonyl (C=O) groups is 2. The van der Waals surface area contributed by atoms with Crippen LogP contribution in [-0.4, -0.2) is 106 Å².